The van der Waals surface area contributed by atoms with Gasteiger partial charge in [-0.3, -0.25) is 0 Å². The Morgan fingerprint density at radius 1 is 1.13 bits per heavy atom. The first-order chi connectivity index (χ1) is 11.3. The van der Waals surface area contributed by atoms with Gasteiger partial charge < -0.3 is 20.1 Å². The summed E-state index contributed by atoms with van der Waals surface area (Å²) in [5.41, 5.74) is 0.834. The molecule has 1 heterocycles. The molecule has 0 aromatic heterocycles. The second-order valence-corrected chi connectivity index (χ2v) is 5.79. The molecule has 2 aromatic rings. The summed E-state index contributed by atoms with van der Waals surface area (Å²) in [6.45, 7) is 1.58. The SMILES string of the molecule is S=C(NC[C@H]1CCCO1)Nc1ccccc1Oc1ccccc1. The Morgan fingerprint density at radius 2 is 1.91 bits per heavy atom. The maximum atomic E-state index is 5.91. The molecule has 1 fully saturated rings. The lowest BCUT2D eigenvalue weighted by atomic mass is 10.2. The van der Waals surface area contributed by atoms with Crippen molar-refractivity contribution in [2.45, 2.75) is 18.9 Å². The highest BCUT2D eigenvalue weighted by molar-refractivity contribution is 7.80. The van der Waals surface area contributed by atoms with Crippen LogP contribution in [0.3, 0.4) is 0 Å². The third-order valence-corrected chi connectivity index (χ3v) is 3.87. The Kier molecular flexibility index (Phi) is 5.45. The zero-order valence-corrected chi connectivity index (χ0v) is 13.6. The minimum Gasteiger partial charge on any atom is -0.455 e. The summed E-state index contributed by atoms with van der Waals surface area (Å²) in [4.78, 5) is 0. The molecule has 2 N–H and O–H groups in total. The van der Waals surface area contributed by atoms with Crippen LogP contribution in [0.25, 0.3) is 0 Å². The molecule has 0 amide bonds. The van der Waals surface area contributed by atoms with E-state index in [0.29, 0.717) is 5.11 Å². The molecule has 1 aliphatic heterocycles. The van der Waals surface area contributed by atoms with Crippen LogP contribution in [0, 0.1) is 0 Å². The second kappa shape index (κ2) is 7.94. The zero-order valence-electron chi connectivity index (χ0n) is 12.8. The molecule has 120 valence electrons. The number of para-hydroxylation sites is 3. The normalized spacial score (nSPS) is 16.8. The van der Waals surface area contributed by atoms with Gasteiger partial charge in [0.1, 0.15) is 5.75 Å². The lowest BCUT2D eigenvalue weighted by Crippen LogP contribution is -2.34. The van der Waals surface area contributed by atoms with E-state index < -0.39 is 0 Å². The summed E-state index contributed by atoms with van der Waals surface area (Å²) >= 11 is 5.36. The van der Waals surface area contributed by atoms with Gasteiger partial charge in [0, 0.05) is 13.2 Å². The van der Waals surface area contributed by atoms with Crippen LogP contribution in [0.5, 0.6) is 11.5 Å². The fourth-order valence-electron chi connectivity index (χ4n) is 2.45. The van der Waals surface area contributed by atoms with Crippen LogP contribution in [0.1, 0.15) is 12.8 Å². The Balaban J connectivity index is 1.59. The molecule has 0 unspecified atom stereocenters. The minimum absolute atomic E-state index is 0.255. The van der Waals surface area contributed by atoms with Crippen LogP contribution >= 0.6 is 12.2 Å². The third-order valence-electron chi connectivity index (χ3n) is 3.62. The van der Waals surface area contributed by atoms with E-state index in [1.54, 1.807) is 0 Å². The number of nitrogens with one attached hydrogen (secondary N) is 2. The van der Waals surface area contributed by atoms with Gasteiger partial charge in [-0.15, -0.1) is 0 Å². The summed E-state index contributed by atoms with van der Waals surface area (Å²) in [6, 6.07) is 17.4. The molecular formula is C18H20N2O2S. The van der Waals surface area contributed by atoms with Gasteiger partial charge in [-0.05, 0) is 49.3 Å². The highest BCUT2D eigenvalue weighted by Gasteiger charge is 2.15. The highest BCUT2D eigenvalue weighted by atomic mass is 32.1. The fourth-order valence-corrected chi connectivity index (χ4v) is 2.65. The second-order valence-electron chi connectivity index (χ2n) is 5.38. The number of ether oxygens (including phenoxy) is 2. The molecule has 5 heteroatoms. The summed E-state index contributed by atoms with van der Waals surface area (Å²) in [6.07, 6.45) is 2.47. The summed E-state index contributed by atoms with van der Waals surface area (Å²) in [5, 5.41) is 6.97. The van der Waals surface area contributed by atoms with Crippen LogP contribution in [0.4, 0.5) is 5.69 Å². The average molecular weight is 328 g/mol. The van der Waals surface area contributed by atoms with Crippen LogP contribution in [-0.4, -0.2) is 24.4 Å². The van der Waals surface area contributed by atoms with Gasteiger partial charge in [-0.25, -0.2) is 0 Å². The maximum absolute atomic E-state index is 5.91. The first-order valence-electron chi connectivity index (χ1n) is 7.79. The first-order valence-corrected chi connectivity index (χ1v) is 8.20. The van der Waals surface area contributed by atoms with Crippen LogP contribution in [0.15, 0.2) is 54.6 Å². The molecule has 0 bridgehead atoms. The maximum Gasteiger partial charge on any atom is 0.170 e. The van der Waals surface area contributed by atoms with E-state index in [9.17, 15) is 0 Å². The van der Waals surface area contributed by atoms with Crippen LogP contribution < -0.4 is 15.4 Å². The number of hydrogen-bond donors (Lipinski definition) is 2. The van der Waals surface area contributed by atoms with Crippen molar-refractivity contribution in [1.82, 2.24) is 5.32 Å². The standard InChI is InChI=1S/C18H20N2O2S/c23-18(19-13-15-9-6-12-21-15)20-16-10-4-5-11-17(16)22-14-7-2-1-3-8-14/h1-5,7-8,10-11,15H,6,9,12-13H2,(H2,19,20,23)/t15-/m1/s1. The largest absolute Gasteiger partial charge is 0.455 e. The van der Waals surface area contributed by atoms with Gasteiger partial charge in [-0.2, -0.15) is 0 Å². The topological polar surface area (TPSA) is 42.5 Å². The highest BCUT2D eigenvalue weighted by Crippen LogP contribution is 2.28. The molecule has 4 nitrogen and oxygen atoms in total. The molecule has 1 atom stereocenters. The molecule has 0 radical (unpaired) electrons. The molecule has 0 aliphatic carbocycles. The Bertz CT molecular complexity index is 642. The molecule has 0 saturated carbocycles. The lowest BCUT2D eigenvalue weighted by Gasteiger charge is -2.16. The predicted octanol–water partition coefficient (Wildman–Crippen LogP) is 3.94. The molecule has 2 aromatic carbocycles. The Labute approximate surface area is 141 Å². The Hall–Kier alpha value is -2.11. The zero-order chi connectivity index (χ0) is 15.9. The van der Waals surface area contributed by atoms with Gasteiger partial charge in [0.15, 0.2) is 10.9 Å². The van der Waals surface area contributed by atoms with Crippen molar-refractivity contribution in [3.8, 4) is 11.5 Å². The van der Waals surface area contributed by atoms with Gasteiger partial charge in [-0.1, -0.05) is 30.3 Å². The van der Waals surface area contributed by atoms with E-state index in [0.717, 1.165) is 43.2 Å². The molecule has 1 saturated heterocycles. The van der Waals surface area contributed by atoms with E-state index >= 15 is 0 Å². The molecular weight excluding hydrogens is 308 g/mol. The quantitative estimate of drug-likeness (QED) is 0.814. The average Bonchev–Trinajstić information content (AvgIpc) is 3.09. The lowest BCUT2D eigenvalue weighted by molar-refractivity contribution is 0.114. The van der Waals surface area contributed by atoms with Crippen molar-refractivity contribution >= 4 is 23.0 Å². The molecule has 0 spiro atoms. The number of benzene rings is 2. The smallest absolute Gasteiger partial charge is 0.170 e. The predicted molar refractivity (Wildman–Crippen MR) is 96.2 cm³/mol. The van der Waals surface area contributed by atoms with Crippen LogP contribution in [-0.2, 0) is 4.74 Å². The number of anilines is 1. The van der Waals surface area contributed by atoms with E-state index in [2.05, 4.69) is 10.6 Å². The Morgan fingerprint density at radius 3 is 2.70 bits per heavy atom. The summed E-state index contributed by atoms with van der Waals surface area (Å²) in [7, 11) is 0. The van der Waals surface area contributed by atoms with Crippen molar-refractivity contribution < 1.29 is 9.47 Å². The van der Waals surface area contributed by atoms with Gasteiger partial charge in [0.05, 0.1) is 11.8 Å². The number of rotatable bonds is 5. The van der Waals surface area contributed by atoms with Crippen molar-refractivity contribution in [3.63, 3.8) is 0 Å². The molecule has 23 heavy (non-hydrogen) atoms. The third kappa shape index (κ3) is 4.68. The van der Waals surface area contributed by atoms with Gasteiger partial charge in [0.25, 0.3) is 0 Å². The minimum atomic E-state index is 0.255. The van der Waals surface area contributed by atoms with Crippen molar-refractivity contribution in [1.29, 1.82) is 0 Å². The van der Waals surface area contributed by atoms with Crippen LogP contribution in [0.2, 0.25) is 0 Å². The number of hydrogen-bond acceptors (Lipinski definition) is 3. The van der Waals surface area contributed by atoms with E-state index in [1.807, 2.05) is 54.6 Å². The van der Waals surface area contributed by atoms with E-state index in [1.165, 1.54) is 0 Å². The molecule has 1 aliphatic rings. The first kappa shape index (κ1) is 15.8. The monoisotopic (exact) mass is 328 g/mol. The van der Waals surface area contributed by atoms with Gasteiger partial charge in [0.2, 0.25) is 0 Å². The van der Waals surface area contributed by atoms with Crippen molar-refractivity contribution in [2.24, 2.45) is 0 Å². The number of thiocarbonyl (C=S) groups is 1. The summed E-state index contributed by atoms with van der Waals surface area (Å²) < 4.78 is 11.5. The van der Waals surface area contributed by atoms with Gasteiger partial charge >= 0.3 is 0 Å². The molecule has 3 rings (SSSR count). The van der Waals surface area contributed by atoms with E-state index in [4.69, 9.17) is 21.7 Å². The fraction of sp³-hybridized carbons (Fsp3) is 0.278. The van der Waals surface area contributed by atoms with Crippen molar-refractivity contribution in [3.05, 3.63) is 54.6 Å². The van der Waals surface area contributed by atoms with Crippen molar-refractivity contribution in [2.75, 3.05) is 18.5 Å². The summed E-state index contributed by atoms with van der Waals surface area (Å²) in [5.74, 6) is 1.53. The van der Waals surface area contributed by atoms with E-state index in [-0.39, 0.29) is 6.10 Å².